The molecular weight excluding hydrogens is 370 g/mol. The number of unbranched alkanes of at least 4 members (excludes halogenated alkanes) is 1. The number of hydrogen-bond acceptors (Lipinski definition) is 5. The predicted octanol–water partition coefficient (Wildman–Crippen LogP) is 4.12. The van der Waals surface area contributed by atoms with E-state index < -0.39 is 6.09 Å². The number of benzene rings is 2. The molecule has 6 nitrogen and oxygen atoms in total. The van der Waals surface area contributed by atoms with Gasteiger partial charge in [0.05, 0.1) is 13.0 Å². The summed E-state index contributed by atoms with van der Waals surface area (Å²) in [7, 11) is 1.37. The first-order valence-electron chi connectivity index (χ1n) is 9.82. The highest BCUT2D eigenvalue weighted by Gasteiger charge is 2.13. The summed E-state index contributed by atoms with van der Waals surface area (Å²) in [5.41, 5.74) is 2.17. The third-order valence-electron chi connectivity index (χ3n) is 4.40. The summed E-state index contributed by atoms with van der Waals surface area (Å²) in [6.45, 7) is 2.92. The van der Waals surface area contributed by atoms with Crippen molar-refractivity contribution in [1.29, 1.82) is 0 Å². The number of alkyl carbamates (subject to hydrolysis) is 1. The van der Waals surface area contributed by atoms with Crippen LogP contribution in [0.15, 0.2) is 54.6 Å². The average molecular weight is 399 g/mol. The smallest absolute Gasteiger partial charge is 0.407 e. The zero-order valence-corrected chi connectivity index (χ0v) is 17.1. The molecule has 156 valence electrons. The molecular formula is C23H29NO5. The fraction of sp³-hybridized carbons (Fsp3) is 0.391. The summed E-state index contributed by atoms with van der Waals surface area (Å²) in [4.78, 5) is 23.0. The number of amides is 1. The maximum Gasteiger partial charge on any atom is 0.407 e. The molecule has 1 atom stereocenters. The van der Waals surface area contributed by atoms with Crippen LogP contribution in [0.25, 0.3) is 0 Å². The molecule has 0 radical (unpaired) electrons. The molecule has 0 aliphatic heterocycles. The van der Waals surface area contributed by atoms with Crippen molar-refractivity contribution in [3.8, 4) is 5.75 Å². The molecule has 0 spiro atoms. The van der Waals surface area contributed by atoms with Crippen LogP contribution >= 0.6 is 0 Å². The molecule has 29 heavy (non-hydrogen) atoms. The number of hydrogen-bond donors (Lipinski definition) is 1. The first-order chi connectivity index (χ1) is 14.1. The largest absolute Gasteiger partial charge is 0.493 e. The number of carbonyl (C=O) groups excluding carboxylic acids is 2. The van der Waals surface area contributed by atoms with Gasteiger partial charge in [-0.15, -0.1) is 0 Å². The van der Waals surface area contributed by atoms with Gasteiger partial charge in [-0.25, -0.2) is 4.79 Å². The lowest BCUT2D eigenvalue weighted by Crippen LogP contribution is -2.25. The van der Waals surface area contributed by atoms with E-state index in [4.69, 9.17) is 9.47 Å². The number of nitrogens with one attached hydrogen (secondary N) is 1. The first-order valence-corrected chi connectivity index (χ1v) is 9.82. The minimum atomic E-state index is -0.392. The molecule has 2 aromatic carbocycles. The van der Waals surface area contributed by atoms with Crippen molar-refractivity contribution in [3.05, 3.63) is 65.7 Å². The topological polar surface area (TPSA) is 73.9 Å². The van der Waals surface area contributed by atoms with Crippen LogP contribution in [0, 0.1) is 5.92 Å². The van der Waals surface area contributed by atoms with Crippen LogP contribution in [0.2, 0.25) is 0 Å². The van der Waals surface area contributed by atoms with Crippen molar-refractivity contribution in [2.45, 2.75) is 32.8 Å². The normalized spacial score (nSPS) is 11.4. The quantitative estimate of drug-likeness (QED) is 0.454. The number of esters is 1. The lowest BCUT2D eigenvalue weighted by molar-refractivity contribution is -0.145. The Morgan fingerprint density at radius 1 is 0.966 bits per heavy atom. The summed E-state index contributed by atoms with van der Waals surface area (Å²) in [5, 5.41) is 2.77. The standard InChI is InChI=1S/C23H29NO5/c1-18(22(25)27-2)16-28-21-13-11-19(12-14-21)8-6-7-15-24-23(26)29-17-20-9-4-3-5-10-20/h3-5,9-14,18H,6-8,15-17H2,1-2H3,(H,24,26)/t18-/m0/s1. The third-order valence-corrected chi connectivity index (χ3v) is 4.40. The Morgan fingerprint density at radius 3 is 2.38 bits per heavy atom. The van der Waals surface area contributed by atoms with Gasteiger partial charge < -0.3 is 19.5 Å². The van der Waals surface area contributed by atoms with Crippen LogP contribution < -0.4 is 10.1 Å². The molecule has 0 aromatic heterocycles. The van der Waals surface area contributed by atoms with Gasteiger partial charge in [-0.2, -0.15) is 0 Å². The summed E-state index contributed by atoms with van der Waals surface area (Å²) in [6.07, 6.45) is 2.35. The molecule has 0 heterocycles. The number of methoxy groups -OCH3 is 1. The third kappa shape index (κ3) is 8.68. The fourth-order valence-corrected chi connectivity index (χ4v) is 2.66. The lowest BCUT2D eigenvalue weighted by Gasteiger charge is -2.11. The molecule has 0 saturated carbocycles. The second kappa shape index (κ2) is 12.4. The van der Waals surface area contributed by atoms with Gasteiger partial charge in [0.1, 0.15) is 19.0 Å². The molecule has 6 heteroatoms. The van der Waals surface area contributed by atoms with E-state index in [1.807, 2.05) is 54.6 Å². The number of ether oxygens (including phenoxy) is 3. The van der Waals surface area contributed by atoms with Crippen LogP contribution in [0.4, 0.5) is 4.79 Å². The Hall–Kier alpha value is -3.02. The Labute approximate surface area is 172 Å². The Kier molecular flexibility index (Phi) is 9.55. The monoisotopic (exact) mass is 399 g/mol. The zero-order valence-electron chi connectivity index (χ0n) is 17.1. The summed E-state index contributed by atoms with van der Waals surface area (Å²) in [5.74, 6) is 0.151. The number of rotatable bonds is 11. The second-order valence-electron chi connectivity index (χ2n) is 6.82. The van der Waals surface area contributed by atoms with E-state index >= 15 is 0 Å². The van der Waals surface area contributed by atoms with Gasteiger partial charge >= 0.3 is 12.1 Å². The minimum Gasteiger partial charge on any atom is -0.493 e. The van der Waals surface area contributed by atoms with Crippen molar-refractivity contribution in [2.24, 2.45) is 5.92 Å². The molecule has 0 unspecified atom stereocenters. The second-order valence-corrected chi connectivity index (χ2v) is 6.82. The molecule has 1 N–H and O–H groups in total. The van der Waals surface area contributed by atoms with E-state index in [1.165, 1.54) is 12.7 Å². The van der Waals surface area contributed by atoms with Crippen molar-refractivity contribution in [2.75, 3.05) is 20.3 Å². The van der Waals surface area contributed by atoms with Gasteiger partial charge in [-0.3, -0.25) is 4.79 Å². The fourth-order valence-electron chi connectivity index (χ4n) is 2.66. The highest BCUT2D eigenvalue weighted by atomic mass is 16.5. The maximum atomic E-state index is 11.7. The Morgan fingerprint density at radius 2 is 1.69 bits per heavy atom. The van der Waals surface area contributed by atoms with Crippen molar-refractivity contribution >= 4 is 12.1 Å². The summed E-state index contributed by atoms with van der Waals surface area (Å²) < 4.78 is 15.5. The van der Waals surface area contributed by atoms with Crippen LogP contribution in [-0.2, 0) is 27.3 Å². The minimum absolute atomic E-state index is 0.277. The maximum absolute atomic E-state index is 11.7. The van der Waals surface area contributed by atoms with E-state index in [0.717, 1.165) is 30.6 Å². The van der Waals surface area contributed by atoms with E-state index in [9.17, 15) is 9.59 Å². The highest BCUT2D eigenvalue weighted by Crippen LogP contribution is 2.15. The zero-order chi connectivity index (χ0) is 20.9. The van der Waals surface area contributed by atoms with Gasteiger partial charge in [0, 0.05) is 6.54 Å². The molecule has 0 fully saturated rings. The Bertz CT molecular complexity index is 746. The van der Waals surface area contributed by atoms with Gasteiger partial charge in [0.2, 0.25) is 0 Å². The van der Waals surface area contributed by atoms with E-state index in [1.54, 1.807) is 6.92 Å². The molecule has 0 aliphatic carbocycles. The Balaban J connectivity index is 1.57. The summed E-state index contributed by atoms with van der Waals surface area (Å²) in [6, 6.07) is 17.4. The molecule has 0 bridgehead atoms. The molecule has 2 rings (SSSR count). The predicted molar refractivity (Wildman–Crippen MR) is 111 cm³/mol. The van der Waals surface area contributed by atoms with Crippen molar-refractivity contribution < 1.29 is 23.8 Å². The van der Waals surface area contributed by atoms with E-state index in [-0.39, 0.29) is 25.1 Å². The van der Waals surface area contributed by atoms with Crippen molar-refractivity contribution in [3.63, 3.8) is 0 Å². The van der Waals surface area contributed by atoms with Crippen molar-refractivity contribution in [1.82, 2.24) is 5.32 Å². The number of carbonyl (C=O) groups is 2. The molecule has 2 aromatic rings. The van der Waals surface area contributed by atoms with Crippen LogP contribution in [-0.4, -0.2) is 32.3 Å². The number of aryl methyl sites for hydroxylation is 1. The molecule has 1 amide bonds. The van der Waals surface area contributed by atoms with Gasteiger partial charge in [-0.1, -0.05) is 42.5 Å². The first kappa shape index (κ1) is 22.3. The van der Waals surface area contributed by atoms with Crippen LogP contribution in [0.5, 0.6) is 5.75 Å². The lowest BCUT2D eigenvalue weighted by atomic mass is 10.1. The SMILES string of the molecule is COC(=O)[C@@H](C)COc1ccc(CCCCNC(=O)OCc2ccccc2)cc1. The highest BCUT2D eigenvalue weighted by molar-refractivity contribution is 5.71. The van der Waals surface area contributed by atoms with Gasteiger partial charge in [-0.05, 0) is 49.4 Å². The van der Waals surface area contributed by atoms with Gasteiger partial charge in [0.25, 0.3) is 0 Å². The van der Waals surface area contributed by atoms with E-state index in [0.29, 0.717) is 6.54 Å². The average Bonchev–Trinajstić information content (AvgIpc) is 2.76. The van der Waals surface area contributed by atoms with Crippen LogP contribution in [0.3, 0.4) is 0 Å². The van der Waals surface area contributed by atoms with Crippen LogP contribution in [0.1, 0.15) is 30.9 Å². The van der Waals surface area contributed by atoms with Gasteiger partial charge in [0.15, 0.2) is 0 Å². The molecule has 0 aliphatic rings. The van der Waals surface area contributed by atoms with E-state index in [2.05, 4.69) is 10.1 Å². The molecule has 0 saturated heterocycles. The summed E-state index contributed by atoms with van der Waals surface area (Å²) >= 11 is 0.